The van der Waals surface area contributed by atoms with E-state index in [4.69, 9.17) is 34.8 Å². The van der Waals surface area contributed by atoms with Gasteiger partial charge in [-0.15, -0.1) is 0 Å². The lowest BCUT2D eigenvalue weighted by atomic mass is 10.0. The molecule has 3 aromatic carbocycles. The van der Waals surface area contributed by atoms with Crippen molar-refractivity contribution in [2.75, 3.05) is 6.54 Å². The number of amides is 2. The average Bonchev–Trinajstić information content (AvgIpc) is 2.83. The van der Waals surface area contributed by atoms with Crippen molar-refractivity contribution in [3.63, 3.8) is 0 Å². The second-order valence-corrected chi connectivity index (χ2v) is 10.2. The lowest BCUT2D eigenvalue weighted by Crippen LogP contribution is -2.51. The Bertz CT molecular complexity index is 1130. The summed E-state index contributed by atoms with van der Waals surface area (Å²) >= 11 is 18.6. The van der Waals surface area contributed by atoms with Crippen molar-refractivity contribution in [3.8, 4) is 0 Å². The summed E-state index contributed by atoms with van der Waals surface area (Å²) in [4.78, 5) is 28.8. The van der Waals surface area contributed by atoms with E-state index in [-0.39, 0.29) is 30.7 Å². The smallest absolute Gasteiger partial charge is 0.243 e. The molecule has 0 aliphatic carbocycles. The summed E-state index contributed by atoms with van der Waals surface area (Å²) in [5, 5.41) is 4.57. The van der Waals surface area contributed by atoms with Crippen molar-refractivity contribution in [2.45, 2.75) is 39.3 Å². The summed E-state index contributed by atoms with van der Waals surface area (Å²) < 4.78 is 0. The van der Waals surface area contributed by atoms with Gasteiger partial charge in [0.25, 0.3) is 0 Å². The monoisotopic (exact) mass is 530 g/mol. The van der Waals surface area contributed by atoms with E-state index in [1.807, 2.05) is 56.3 Å². The van der Waals surface area contributed by atoms with E-state index in [0.29, 0.717) is 28.0 Å². The first-order chi connectivity index (χ1) is 16.7. The Morgan fingerprint density at radius 2 is 1.51 bits per heavy atom. The summed E-state index contributed by atoms with van der Waals surface area (Å²) in [7, 11) is 0. The van der Waals surface area contributed by atoms with Gasteiger partial charge in [0.05, 0.1) is 6.42 Å². The van der Waals surface area contributed by atoms with Gasteiger partial charge >= 0.3 is 0 Å². The highest BCUT2D eigenvalue weighted by atomic mass is 35.5. The molecule has 7 heteroatoms. The molecule has 1 atom stereocenters. The molecular formula is C28H29Cl3N2O2. The van der Waals surface area contributed by atoms with Crippen molar-refractivity contribution in [3.05, 3.63) is 105 Å². The Morgan fingerprint density at radius 1 is 0.857 bits per heavy atom. The molecule has 3 rings (SSSR count). The summed E-state index contributed by atoms with van der Waals surface area (Å²) in [5.41, 5.74) is 2.49. The fourth-order valence-corrected chi connectivity index (χ4v) is 4.28. The maximum absolute atomic E-state index is 13.7. The zero-order valence-electron chi connectivity index (χ0n) is 19.8. The SMILES string of the molecule is CC(C)CNC(=O)[C@@H](Cc1ccccc1)N(Cc1ccc(Cl)cc1Cl)C(=O)Cc1ccc(Cl)cc1. The molecule has 0 radical (unpaired) electrons. The predicted octanol–water partition coefficient (Wildman–Crippen LogP) is 6.60. The first-order valence-electron chi connectivity index (χ1n) is 11.5. The van der Waals surface area contributed by atoms with Crippen LogP contribution in [-0.2, 0) is 29.0 Å². The van der Waals surface area contributed by atoms with Crippen LogP contribution in [0.1, 0.15) is 30.5 Å². The third kappa shape index (κ3) is 8.28. The molecule has 4 nitrogen and oxygen atoms in total. The van der Waals surface area contributed by atoms with Crippen LogP contribution in [0, 0.1) is 5.92 Å². The van der Waals surface area contributed by atoms with Crippen LogP contribution in [0.3, 0.4) is 0 Å². The van der Waals surface area contributed by atoms with Crippen LogP contribution in [0.5, 0.6) is 0 Å². The molecule has 0 spiro atoms. The van der Waals surface area contributed by atoms with Crippen LogP contribution in [-0.4, -0.2) is 29.3 Å². The van der Waals surface area contributed by atoms with Crippen LogP contribution in [0.4, 0.5) is 0 Å². The highest BCUT2D eigenvalue weighted by Gasteiger charge is 2.31. The normalized spacial score (nSPS) is 11.8. The number of nitrogens with one attached hydrogen (secondary N) is 1. The number of carbonyl (C=O) groups excluding carboxylic acids is 2. The zero-order chi connectivity index (χ0) is 25.4. The molecule has 0 heterocycles. The molecule has 0 aromatic heterocycles. The quantitative estimate of drug-likeness (QED) is 0.320. The highest BCUT2D eigenvalue weighted by molar-refractivity contribution is 6.35. The third-order valence-electron chi connectivity index (χ3n) is 5.58. The molecule has 0 aliphatic heterocycles. The van der Waals surface area contributed by atoms with Gasteiger partial charge in [-0.05, 0) is 46.9 Å². The fourth-order valence-electron chi connectivity index (χ4n) is 3.69. The number of hydrogen-bond donors (Lipinski definition) is 1. The molecule has 0 saturated carbocycles. The minimum absolute atomic E-state index is 0.130. The van der Waals surface area contributed by atoms with Gasteiger partial charge in [-0.1, -0.05) is 97.2 Å². The van der Waals surface area contributed by atoms with Gasteiger partial charge in [-0.2, -0.15) is 0 Å². The largest absolute Gasteiger partial charge is 0.354 e. The highest BCUT2D eigenvalue weighted by Crippen LogP contribution is 2.25. The van der Waals surface area contributed by atoms with Crippen LogP contribution in [0.2, 0.25) is 15.1 Å². The topological polar surface area (TPSA) is 49.4 Å². The minimum atomic E-state index is -0.720. The second-order valence-electron chi connectivity index (χ2n) is 8.91. The molecule has 0 aliphatic rings. The standard InChI is InChI=1S/C28H29Cl3N2O2/c1-19(2)17-32-28(35)26(14-20-6-4-3-5-7-20)33(18-22-10-13-24(30)16-25(22)31)27(34)15-21-8-11-23(29)12-9-21/h3-13,16,19,26H,14-15,17-18H2,1-2H3,(H,32,35)/t26-/m1/s1. The number of nitrogens with zero attached hydrogens (tertiary/aromatic N) is 1. The number of halogens is 3. The zero-order valence-corrected chi connectivity index (χ0v) is 22.1. The predicted molar refractivity (Wildman–Crippen MR) is 144 cm³/mol. The van der Waals surface area contributed by atoms with Gasteiger partial charge in [0.15, 0.2) is 0 Å². The van der Waals surface area contributed by atoms with Crippen molar-refractivity contribution in [2.24, 2.45) is 5.92 Å². The molecule has 1 N–H and O–H groups in total. The van der Waals surface area contributed by atoms with E-state index < -0.39 is 6.04 Å². The lowest BCUT2D eigenvalue weighted by molar-refractivity contribution is -0.140. The van der Waals surface area contributed by atoms with Gasteiger partial charge in [0, 0.05) is 34.6 Å². The Morgan fingerprint density at radius 3 is 2.14 bits per heavy atom. The Kier molecular flexibility index (Phi) is 10.0. The molecule has 0 bridgehead atoms. The Hall–Kier alpha value is -2.53. The van der Waals surface area contributed by atoms with E-state index in [1.165, 1.54) is 0 Å². The van der Waals surface area contributed by atoms with E-state index in [2.05, 4.69) is 5.32 Å². The molecular weight excluding hydrogens is 503 g/mol. The first-order valence-corrected chi connectivity index (χ1v) is 12.7. The lowest BCUT2D eigenvalue weighted by Gasteiger charge is -2.32. The summed E-state index contributed by atoms with van der Waals surface area (Å²) in [6.45, 7) is 4.76. The van der Waals surface area contributed by atoms with E-state index in [1.54, 1.807) is 35.2 Å². The van der Waals surface area contributed by atoms with Gasteiger partial charge in [0.2, 0.25) is 11.8 Å². The maximum Gasteiger partial charge on any atom is 0.243 e. The summed E-state index contributed by atoms with van der Waals surface area (Å²) in [5.74, 6) is -0.101. The van der Waals surface area contributed by atoms with Gasteiger partial charge < -0.3 is 10.2 Å². The number of hydrogen-bond acceptors (Lipinski definition) is 2. The molecule has 0 fully saturated rings. The van der Waals surface area contributed by atoms with Crippen LogP contribution in [0.15, 0.2) is 72.8 Å². The van der Waals surface area contributed by atoms with Crippen molar-refractivity contribution in [1.82, 2.24) is 10.2 Å². The number of benzene rings is 3. The molecule has 35 heavy (non-hydrogen) atoms. The number of rotatable bonds is 10. The molecule has 0 unspecified atom stereocenters. The first kappa shape index (κ1) is 27.1. The molecule has 3 aromatic rings. The fraction of sp³-hybridized carbons (Fsp3) is 0.286. The second kappa shape index (κ2) is 13.0. The van der Waals surface area contributed by atoms with Crippen molar-refractivity contribution < 1.29 is 9.59 Å². The van der Waals surface area contributed by atoms with Crippen LogP contribution >= 0.6 is 34.8 Å². The molecule has 2 amide bonds. The third-order valence-corrected chi connectivity index (χ3v) is 6.42. The van der Waals surface area contributed by atoms with E-state index in [9.17, 15) is 9.59 Å². The number of carbonyl (C=O) groups is 2. The van der Waals surface area contributed by atoms with Gasteiger partial charge in [0.1, 0.15) is 6.04 Å². The molecule has 184 valence electrons. The Labute approximate surface area is 222 Å². The molecule has 0 saturated heterocycles. The summed E-state index contributed by atoms with van der Waals surface area (Å²) in [6, 6.07) is 21.3. The average molecular weight is 532 g/mol. The van der Waals surface area contributed by atoms with Gasteiger partial charge in [-0.3, -0.25) is 9.59 Å². The van der Waals surface area contributed by atoms with Crippen LogP contribution in [0.25, 0.3) is 0 Å². The summed E-state index contributed by atoms with van der Waals surface area (Å²) in [6.07, 6.45) is 0.507. The van der Waals surface area contributed by atoms with Crippen molar-refractivity contribution in [1.29, 1.82) is 0 Å². The van der Waals surface area contributed by atoms with Crippen LogP contribution < -0.4 is 5.32 Å². The van der Waals surface area contributed by atoms with E-state index in [0.717, 1.165) is 16.7 Å². The minimum Gasteiger partial charge on any atom is -0.354 e. The van der Waals surface area contributed by atoms with Crippen molar-refractivity contribution >= 4 is 46.6 Å². The van der Waals surface area contributed by atoms with Gasteiger partial charge in [-0.25, -0.2) is 0 Å². The van der Waals surface area contributed by atoms with E-state index >= 15 is 0 Å². The Balaban J connectivity index is 1.97. The maximum atomic E-state index is 13.7.